The van der Waals surface area contributed by atoms with Crippen LogP contribution in [0.1, 0.15) is 11.1 Å². The number of aryl methyl sites for hydroxylation is 1. The second-order valence-corrected chi connectivity index (χ2v) is 2.59. The standard InChI is InChI=1S/C10H11NO2/c1-8-5-6-11-7-9(8)3-4-10(12)13-2/h3-7H,1-2H3. The number of hydrogen-bond acceptors (Lipinski definition) is 3. The quantitative estimate of drug-likeness (QED) is 0.508. The van der Waals surface area contributed by atoms with Gasteiger partial charge in [-0.3, -0.25) is 4.98 Å². The van der Waals surface area contributed by atoms with Crippen molar-refractivity contribution in [3.05, 3.63) is 35.7 Å². The second kappa shape index (κ2) is 4.40. The fourth-order valence-electron chi connectivity index (χ4n) is 0.877. The van der Waals surface area contributed by atoms with Gasteiger partial charge in [-0.1, -0.05) is 0 Å². The number of esters is 1. The minimum absolute atomic E-state index is 0.358. The van der Waals surface area contributed by atoms with Crippen molar-refractivity contribution in [1.82, 2.24) is 4.98 Å². The van der Waals surface area contributed by atoms with Crippen molar-refractivity contribution >= 4 is 12.0 Å². The number of methoxy groups -OCH3 is 1. The average Bonchev–Trinajstić information content (AvgIpc) is 2.16. The van der Waals surface area contributed by atoms with Gasteiger partial charge in [-0.2, -0.15) is 0 Å². The van der Waals surface area contributed by atoms with E-state index >= 15 is 0 Å². The molecule has 0 N–H and O–H groups in total. The molecule has 0 amide bonds. The van der Waals surface area contributed by atoms with Gasteiger partial charge >= 0.3 is 5.97 Å². The van der Waals surface area contributed by atoms with Gasteiger partial charge in [0.15, 0.2) is 0 Å². The lowest BCUT2D eigenvalue weighted by molar-refractivity contribution is -0.134. The summed E-state index contributed by atoms with van der Waals surface area (Å²) < 4.78 is 4.47. The zero-order valence-corrected chi connectivity index (χ0v) is 7.65. The third kappa shape index (κ3) is 2.71. The van der Waals surface area contributed by atoms with Crippen LogP contribution in [0.4, 0.5) is 0 Å². The Morgan fingerprint density at radius 3 is 3.00 bits per heavy atom. The van der Waals surface area contributed by atoms with Gasteiger partial charge in [-0.15, -0.1) is 0 Å². The van der Waals surface area contributed by atoms with Gasteiger partial charge in [0, 0.05) is 18.5 Å². The minimum atomic E-state index is -0.358. The molecule has 3 heteroatoms. The van der Waals surface area contributed by atoms with Gasteiger partial charge in [0.1, 0.15) is 0 Å². The molecule has 0 aliphatic carbocycles. The molecule has 0 saturated heterocycles. The molecule has 13 heavy (non-hydrogen) atoms. The summed E-state index contributed by atoms with van der Waals surface area (Å²) in [6.07, 6.45) is 6.48. The number of ether oxygens (including phenoxy) is 1. The second-order valence-electron chi connectivity index (χ2n) is 2.59. The molecule has 0 aliphatic rings. The topological polar surface area (TPSA) is 39.2 Å². The van der Waals surface area contributed by atoms with Crippen LogP contribution in [0.3, 0.4) is 0 Å². The molecule has 1 aromatic heterocycles. The van der Waals surface area contributed by atoms with Crippen molar-refractivity contribution in [3.8, 4) is 0 Å². The Morgan fingerprint density at radius 1 is 1.62 bits per heavy atom. The lowest BCUT2D eigenvalue weighted by Gasteiger charge is -1.96. The van der Waals surface area contributed by atoms with Crippen LogP contribution in [0, 0.1) is 6.92 Å². The number of carbonyl (C=O) groups is 1. The summed E-state index contributed by atoms with van der Waals surface area (Å²) in [5.74, 6) is -0.358. The van der Waals surface area contributed by atoms with Crippen LogP contribution in [-0.4, -0.2) is 18.1 Å². The molecule has 0 unspecified atom stereocenters. The molecule has 3 nitrogen and oxygen atoms in total. The lowest BCUT2D eigenvalue weighted by Crippen LogP contribution is -1.93. The van der Waals surface area contributed by atoms with Gasteiger partial charge in [0.25, 0.3) is 0 Å². The molecule has 1 aromatic rings. The summed E-state index contributed by atoms with van der Waals surface area (Å²) in [6.45, 7) is 1.96. The Balaban J connectivity index is 2.80. The summed E-state index contributed by atoms with van der Waals surface area (Å²) in [5.41, 5.74) is 2.00. The summed E-state index contributed by atoms with van der Waals surface area (Å²) >= 11 is 0. The molecule has 0 aliphatic heterocycles. The van der Waals surface area contributed by atoms with Crippen LogP contribution < -0.4 is 0 Å². The van der Waals surface area contributed by atoms with E-state index in [2.05, 4.69) is 9.72 Å². The van der Waals surface area contributed by atoms with Crippen molar-refractivity contribution in [3.63, 3.8) is 0 Å². The fourth-order valence-corrected chi connectivity index (χ4v) is 0.877. The molecule has 1 rings (SSSR count). The Labute approximate surface area is 77.1 Å². The van der Waals surface area contributed by atoms with Crippen LogP contribution in [0.5, 0.6) is 0 Å². The fraction of sp³-hybridized carbons (Fsp3) is 0.200. The van der Waals surface area contributed by atoms with E-state index in [0.717, 1.165) is 11.1 Å². The van der Waals surface area contributed by atoms with E-state index in [4.69, 9.17) is 0 Å². The SMILES string of the molecule is COC(=O)C=Cc1cnccc1C. The van der Waals surface area contributed by atoms with Gasteiger partial charge in [-0.05, 0) is 30.2 Å². The average molecular weight is 177 g/mol. The molecule has 0 radical (unpaired) electrons. The van der Waals surface area contributed by atoms with E-state index in [1.807, 2.05) is 13.0 Å². The highest BCUT2D eigenvalue weighted by atomic mass is 16.5. The minimum Gasteiger partial charge on any atom is -0.466 e. The summed E-state index contributed by atoms with van der Waals surface area (Å²) in [7, 11) is 1.35. The van der Waals surface area contributed by atoms with Crippen molar-refractivity contribution in [2.24, 2.45) is 0 Å². The van der Waals surface area contributed by atoms with Crippen LogP contribution in [0.25, 0.3) is 6.08 Å². The van der Waals surface area contributed by atoms with Gasteiger partial charge in [0.2, 0.25) is 0 Å². The third-order valence-electron chi connectivity index (χ3n) is 1.68. The van der Waals surface area contributed by atoms with Gasteiger partial charge in [-0.25, -0.2) is 4.79 Å². The van der Waals surface area contributed by atoms with Gasteiger partial charge in [0.05, 0.1) is 7.11 Å². The Morgan fingerprint density at radius 2 is 2.38 bits per heavy atom. The highest BCUT2D eigenvalue weighted by Crippen LogP contribution is 2.06. The Bertz CT molecular complexity index is 331. The zero-order chi connectivity index (χ0) is 9.68. The van der Waals surface area contributed by atoms with Crippen molar-refractivity contribution in [2.45, 2.75) is 6.92 Å². The first kappa shape index (κ1) is 9.45. The smallest absolute Gasteiger partial charge is 0.330 e. The molecule has 0 atom stereocenters. The van der Waals surface area contributed by atoms with Crippen LogP contribution in [0.15, 0.2) is 24.5 Å². The molecule has 1 heterocycles. The number of nitrogens with zero attached hydrogens (tertiary/aromatic N) is 1. The number of aromatic nitrogens is 1. The summed E-state index contributed by atoms with van der Waals surface area (Å²) in [5, 5.41) is 0. The van der Waals surface area contributed by atoms with Gasteiger partial charge < -0.3 is 4.74 Å². The number of carbonyl (C=O) groups excluding carboxylic acids is 1. The Kier molecular flexibility index (Phi) is 3.20. The van der Waals surface area contributed by atoms with Crippen LogP contribution in [0.2, 0.25) is 0 Å². The highest BCUT2D eigenvalue weighted by Gasteiger charge is 1.94. The highest BCUT2D eigenvalue weighted by molar-refractivity contribution is 5.87. The van der Waals surface area contributed by atoms with E-state index < -0.39 is 0 Å². The number of rotatable bonds is 2. The van der Waals surface area contributed by atoms with Crippen molar-refractivity contribution < 1.29 is 9.53 Å². The van der Waals surface area contributed by atoms with Crippen LogP contribution in [-0.2, 0) is 9.53 Å². The first-order valence-electron chi connectivity index (χ1n) is 3.90. The molecule has 0 spiro atoms. The third-order valence-corrected chi connectivity index (χ3v) is 1.68. The predicted molar refractivity (Wildman–Crippen MR) is 50.0 cm³/mol. The van der Waals surface area contributed by atoms with E-state index in [9.17, 15) is 4.79 Å². The molecule has 0 saturated carbocycles. The molecular formula is C10H11NO2. The Hall–Kier alpha value is -1.64. The first-order chi connectivity index (χ1) is 6.24. The molecule has 68 valence electrons. The van der Waals surface area contributed by atoms with E-state index in [-0.39, 0.29) is 5.97 Å². The monoisotopic (exact) mass is 177 g/mol. The maximum Gasteiger partial charge on any atom is 0.330 e. The number of hydrogen-bond donors (Lipinski definition) is 0. The predicted octanol–water partition coefficient (Wildman–Crippen LogP) is 1.58. The molecular weight excluding hydrogens is 166 g/mol. The summed E-state index contributed by atoms with van der Waals surface area (Å²) in [6, 6.07) is 1.89. The largest absolute Gasteiger partial charge is 0.466 e. The van der Waals surface area contributed by atoms with Crippen molar-refractivity contribution in [1.29, 1.82) is 0 Å². The van der Waals surface area contributed by atoms with Crippen molar-refractivity contribution in [2.75, 3.05) is 7.11 Å². The maximum atomic E-state index is 10.8. The number of pyridine rings is 1. The van der Waals surface area contributed by atoms with E-state index in [0.29, 0.717) is 0 Å². The molecule has 0 bridgehead atoms. The zero-order valence-electron chi connectivity index (χ0n) is 7.65. The van der Waals surface area contributed by atoms with Crippen LogP contribution >= 0.6 is 0 Å². The lowest BCUT2D eigenvalue weighted by atomic mass is 10.1. The normalized spacial score (nSPS) is 10.3. The summed E-state index contributed by atoms with van der Waals surface area (Å²) in [4.78, 5) is 14.7. The maximum absolute atomic E-state index is 10.8. The molecule has 0 aromatic carbocycles. The molecule has 0 fully saturated rings. The van der Waals surface area contributed by atoms with E-state index in [1.165, 1.54) is 13.2 Å². The first-order valence-corrected chi connectivity index (χ1v) is 3.90. The van der Waals surface area contributed by atoms with E-state index in [1.54, 1.807) is 18.5 Å².